The molecule has 0 amide bonds. The average Bonchev–Trinajstić information content (AvgIpc) is 2.34. The summed E-state index contributed by atoms with van der Waals surface area (Å²) in [4.78, 5) is 21.2. The van der Waals surface area contributed by atoms with E-state index in [-0.39, 0.29) is 23.6 Å². The van der Waals surface area contributed by atoms with Crippen molar-refractivity contribution in [1.82, 2.24) is 0 Å². The first kappa shape index (κ1) is 12.7. The van der Waals surface area contributed by atoms with Crippen LogP contribution in [0.15, 0.2) is 18.2 Å². The van der Waals surface area contributed by atoms with Crippen LogP contribution in [-0.4, -0.2) is 24.5 Å². The van der Waals surface area contributed by atoms with Gasteiger partial charge in [-0.05, 0) is 12.1 Å². The number of anilines is 2. The lowest BCUT2D eigenvalue weighted by Gasteiger charge is -2.08. The number of nitrogen functional groups attached to an aromatic ring is 1. The smallest absolute Gasteiger partial charge is 0.325 e. The van der Waals surface area contributed by atoms with Crippen LogP contribution in [0.25, 0.3) is 0 Å². The molecule has 0 aliphatic carbocycles. The predicted molar refractivity (Wildman–Crippen MR) is 61.4 cm³/mol. The molecule has 0 aliphatic rings. The average molecular weight is 240 g/mol. The molecule has 1 aromatic carbocycles. The Morgan fingerprint density at radius 2 is 2.18 bits per heavy atom. The van der Waals surface area contributed by atoms with Crippen LogP contribution in [0.4, 0.5) is 17.1 Å². The van der Waals surface area contributed by atoms with Crippen LogP contribution in [0.1, 0.15) is 0 Å². The second-order valence-electron chi connectivity index (χ2n) is 3.03. The van der Waals surface area contributed by atoms with E-state index >= 15 is 0 Å². The van der Waals surface area contributed by atoms with Gasteiger partial charge in [-0.1, -0.05) is 6.07 Å². The fourth-order valence-corrected chi connectivity index (χ4v) is 1.24. The SMILES string of the molecule is COC(=O)CNc1cccc(NN)c1[N+](=O)[O-]. The number of nitrogens with zero attached hydrogens (tertiary/aromatic N) is 1. The molecular formula is C9H12N4O4. The van der Waals surface area contributed by atoms with Gasteiger partial charge in [0.2, 0.25) is 0 Å². The number of rotatable bonds is 5. The first-order valence-electron chi connectivity index (χ1n) is 4.65. The van der Waals surface area contributed by atoms with E-state index in [0.717, 1.165) is 0 Å². The molecule has 0 heterocycles. The van der Waals surface area contributed by atoms with Crippen molar-refractivity contribution in [2.75, 3.05) is 24.4 Å². The molecule has 4 N–H and O–H groups in total. The number of nitro groups is 1. The second kappa shape index (κ2) is 5.66. The van der Waals surface area contributed by atoms with Crippen molar-refractivity contribution in [3.8, 4) is 0 Å². The van der Waals surface area contributed by atoms with Crippen LogP contribution in [-0.2, 0) is 9.53 Å². The third-order valence-electron chi connectivity index (χ3n) is 2.02. The summed E-state index contributed by atoms with van der Waals surface area (Å²) >= 11 is 0. The summed E-state index contributed by atoms with van der Waals surface area (Å²) in [5, 5.41) is 13.5. The molecule has 0 aromatic heterocycles. The van der Waals surface area contributed by atoms with Gasteiger partial charge in [0.1, 0.15) is 17.9 Å². The van der Waals surface area contributed by atoms with Crippen LogP contribution < -0.4 is 16.6 Å². The molecule has 0 saturated carbocycles. The lowest BCUT2D eigenvalue weighted by molar-refractivity contribution is -0.383. The number of para-hydroxylation sites is 1. The highest BCUT2D eigenvalue weighted by Crippen LogP contribution is 2.31. The number of hydrazine groups is 1. The van der Waals surface area contributed by atoms with Gasteiger partial charge in [0.25, 0.3) is 0 Å². The third-order valence-corrected chi connectivity index (χ3v) is 2.02. The first-order valence-corrected chi connectivity index (χ1v) is 4.65. The Hall–Kier alpha value is -2.35. The molecule has 0 radical (unpaired) electrons. The number of nitro benzene ring substituents is 1. The Kier molecular flexibility index (Phi) is 4.23. The van der Waals surface area contributed by atoms with E-state index < -0.39 is 10.9 Å². The molecule has 1 aromatic rings. The van der Waals surface area contributed by atoms with Gasteiger partial charge in [0.05, 0.1) is 12.0 Å². The van der Waals surface area contributed by atoms with Crippen molar-refractivity contribution < 1.29 is 14.5 Å². The van der Waals surface area contributed by atoms with Gasteiger partial charge in [-0.15, -0.1) is 0 Å². The first-order chi connectivity index (χ1) is 8.10. The third kappa shape index (κ3) is 3.05. The quantitative estimate of drug-likeness (QED) is 0.296. The summed E-state index contributed by atoms with van der Waals surface area (Å²) < 4.78 is 4.42. The van der Waals surface area contributed by atoms with Gasteiger partial charge in [-0.3, -0.25) is 20.8 Å². The predicted octanol–water partition coefficient (Wildman–Crippen LogP) is 0.465. The van der Waals surface area contributed by atoms with Gasteiger partial charge in [0.15, 0.2) is 0 Å². The minimum absolute atomic E-state index is 0.157. The molecular weight excluding hydrogens is 228 g/mol. The number of hydrogen-bond donors (Lipinski definition) is 3. The van der Waals surface area contributed by atoms with Gasteiger partial charge in [-0.2, -0.15) is 0 Å². The molecule has 0 bridgehead atoms. The Balaban J connectivity index is 2.98. The van der Waals surface area contributed by atoms with E-state index in [1.807, 2.05) is 0 Å². The molecule has 0 unspecified atom stereocenters. The van der Waals surface area contributed by atoms with Crippen molar-refractivity contribution in [3.63, 3.8) is 0 Å². The Bertz CT molecular complexity index is 435. The molecule has 0 fully saturated rings. The number of ether oxygens (including phenoxy) is 1. The van der Waals surface area contributed by atoms with Crippen molar-refractivity contribution >= 4 is 23.0 Å². The van der Waals surface area contributed by atoms with E-state index in [9.17, 15) is 14.9 Å². The largest absolute Gasteiger partial charge is 0.468 e. The number of hydrogen-bond acceptors (Lipinski definition) is 7. The Morgan fingerprint density at radius 3 is 2.71 bits per heavy atom. The normalized spacial score (nSPS) is 9.53. The topological polar surface area (TPSA) is 120 Å². The van der Waals surface area contributed by atoms with Crippen molar-refractivity contribution in [3.05, 3.63) is 28.3 Å². The zero-order chi connectivity index (χ0) is 12.8. The number of carbonyl (C=O) groups is 1. The zero-order valence-corrected chi connectivity index (χ0v) is 9.10. The van der Waals surface area contributed by atoms with Gasteiger partial charge >= 0.3 is 11.7 Å². The minimum Gasteiger partial charge on any atom is -0.468 e. The van der Waals surface area contributed by atoms with Crippen molar-refractivity contribution in [2.24, 2.45) is 5.84 Å². The summed E-state index contributed by atoms with van der Waals surface area (Å²) in [7, 11) is 1.23. The molecule has 0 spiro atoms. The fourth-order valence-electron chi connectivity index (χ4n) is 1.24. The highest BCUT2D eigenvalue weighted by Gasteiger charge is 2.19. The summed E-state index contributed by atoms with van der Waals surface area (Å²) in [6.45, 7) is -0.161. The highest BCUT2D eigenvalue weighted by molar-refractivity contribution is 5.80. The van der Waals surface area contributed by atoms with Crippen LogP contribution in [0.5, 0.6) is 0 Å². The van der Waals surface area contributed by atoms with Crippen LogP contribution in [0, 0.1) is 10.1 Å². The summed E-state index contributed by atoms with van der Waals surface area (Å²) in [5.41, 5.74) is 2.35. The number of nitrogens with one attached hydrogen (secondary N) is 2. The maximum absolute atomic E-state index is 10.9. The summed E-state index contributed by atoms with van der Waals surface area (Å²) in [6.07, 6.45) is 0. The fraction of sp³-hybridized carbons (Fsp3) is 0.222. The molecule has 8 heteroatoms. The number of methoxy groups -OCH3 is 1. The Morgan fingerprint density at radius 1 is 1.53 bits per heavy atom. The number of nitrogens with two attached hydrogens (primary N) is 1. The maximum atomic E-state index is 10.9. The standard InChI is InChI=1S/C9H12N4O4/c1-17-8(14)5-11-6-3-2-4-7(12-10)9(6)13(15)16/h2-4,11-12H,5,10H2,1H3. The lowest BCUT2D eigenvalue weighted by Crippen LogP contribution is -2.16. The second-order valence-corrected chi connectivity index (χ2v) is 3.03. The summed E-state index contributed by atoms with van der Waals surface area (Å²) in [6, 6.07) is 4.51. The van der Waals surface area contributed by atoms with Gasteiger partial charge in [-0.25, -0.2) is 0 Å². The monoisotopic (exact) mass is 240 g/mol. The van der Waals surface area contributed by atoms with E-state index in [1.54, 1.807) is 6.07 Å². The highest BCUT2D eigenvalue weighted by atomic mass is 16.6. The van der Waals surface area contributed by atoms with E-state index in [0.29, 0.717) is 0 Å². The number of benzene rings is 1. The van der Waals surface area contributed by atoms with Crippen molar-refractivity contribution in [2.45, 2.75) is 0 Å². The number of esters is 1. The van der Waals surface area contributed by atoms with E-state index in [4.69, 9.17) is 5.84 Å². The van der Waals surface area contributed by atoms with Crippen LogP contribution >= 0.6 is 0 Å². The van der Waals surface area contributed by atoms with Crippen LogP contribution in [0.2, 0.25) is 0 Å². The zero-order valence-electron chi connectivity index (χ0n) is 9.10. The molecule has 0 atom stereocenters. The molecule has 0 saturated heterocycles. The maximum Gasteiger partial charge on any atom is 0.325 e. The molecule has 92 valence electrons. The molecule has 17 heavy (non-hydrogen) atoms. The van der Waals surface area contributed by atoms with Crippen molar-refractivity contribution in [1.29, 1.82) is 0 Å². The molecule has 1 rings (SSSR count). The van der Waals surface area contributed by atoms with E-state index in [2.05, 4.69) is 15.5 Å². The molecule has 0 aliphatic heterocycles. The summed E-state index contributed by atoms with van der Waals surface area (Å²) in [5.74, 6) is 4.64. The minimum atomic E-state index is -0.588. The van der Waals surface area contributed by atoms with E-state index in [1.165, 1.54) is 19.2 Å². The van der Waals surface area contributed by atoms with Gasteiger partial charge < -0.3 is 15.5 Å². The van der Waals surface area contributed by atoms with Gasteiger partial charge in [0, 0.05) is 0 Å². The lowest BCUT2D eigenvalue weighted by atomic mass is 10.2. The molecule has 8 nitrogen and oxygen atoms in total. The van der Waals surface area contributed by atoms with Crippen LogP contribution in [0.3, 0.4) is 0 Å². The Labute approximate surface area is 96.9 Å². The number of carbonyl (C=O) groups excluding carboxylic acids is 1.